The molecule has 1 amide bonds. The van der Waals surface area contributed by atoms with Gasteiger partial charge in [-0.2, -0.15) is 0 Å². The summed E-state index contributed by atoms with van der Waals surface area (Å²) in [6, 6.07) is 13.5. The number of rotatable bonds is 5. The first-order chi connectivity index (χ1) is 12.0. The molecule has 1 heterocycles. The second-order valence-corrected chi connectivity index (χ2v) is 6.86. The minimum atomic E-state index is -0.440. The molecule has 0 radical (unpaired) electrons. The van der Waals surface area contributed by atoms with E-state index in [1.54, 1.807) is 24.3 Å². The summed E-state index contributed by atoms with van der Waals surface area (Å²) < 4.78 is 6.16. The van der Waals surface area contributed by atoms with E-state index in [1.807, 2.05) is 18.2 Å². The van der Waals surface area contributed by atoms with Crippen LogP contribution in [0.15, 0.2) is 53.4 Å². The van der Waals surface area contributed by atoms with Gasteiger partial charge in [-0.1, -0.05) is 36.1 Å². The van der Waals surface area contributed by atoms with Crippen LogP contribution < -0.4 is 10.1 Å². The summed E-state index contributed by atoms with van der Waals surface area (Å²) in [6.45, 7) is 0.289. The van der Waals surface area contributed by atoms with Gasteiger partial charge in [-0.05, 0) is 41.5 Å². The third kappa shape index (κ3) is 4.43. The van der Waals surface area contributed by atoms with Gasteiger partial charge in [0.25, 0.3) is 11.6 Å². The summed E-state index contributed by atoms with van der Waals surface area (Å²) in [7, 11) is 0. The standard InChI is InChI=1S/C17H12N2O4S2/c20-16-15(25-17(24)18-16)9-12-2-1-3-14(8-12)23-10-11-4-6-13(7-5-11)19(21)22/h1-9H,10H2,(H,18,20,24)/b15-9-. The maximum absolute atomic E-state index is 11.7. The number of carbonyl (C=O) groups is 1. The molecular formula is C17H12N2O4S2. The van der Waals surface area contributed by atoms with Gasteiger partial charge in [0.05, 0.1) is 9.83 Å². The molecule has 1 N–H and O–H groups in total. The zero-order chi connectivity index (χ0) is 17.8. The number of ether oxygens (including phenoxy) is 1. The van der Waals surface area contributed by atoms with Crippen molar-refractivity contribution in [2.24, 2.45) is 0 Å². The largest absolute Gasteiger partial charge is 0.489 e. The Morgan fingerprint density at radius 3 is 2.64 bits per heavy atom. The van der Waals surface area contributed by atoms with Gasteiger partial charge < -0.3 is 10.1 Å². The lowest BCUT2D eigenvalue weighted by atomic mass is 10.2. The van der Waals surface area contributed by atoms with Crippen molar-refractivity contribution < 1.29 is 14.5 Å². The fraction of sp³-hybridized carbons (Fsp3) is 0.0588. The van der Waals surface area contributed by atoms with Crippen molar-refractivity contribution in [2.45, 2.75) is 6.61 Å². The monoisotopic (exact) mass is 372 g/mol. The van der Waals surface area contributed by atoms with Crippen LogP contribution in [0.1, 0.15) is 11.1 Å². The zero-order valence-electron chi connectivity index (χ0n) is 12.8. The van der Waals surface area contributed by atoms with Gasteiger partial charge >= 0.3 is 0 Å². The second-order valence-electron chi connectivity index (χ2n) is 5.14. The van der Waals surface area contributed by atoms with Gasteiger partial charge in [0.15, 0.2) is 0 Å². The van der Waals surface area contributed by atoms with Gasteiger partial charge in [0, 0.05) is 12.1 Å². The molecule has 1 fully saturated rings. The van der Waals surface area contributed by atoms with Crippen molar-refractivity contribution in [2.75, 3.05) is 0 Å². The molecule has 0 spiro atoms. The van der Waals surface area contributed by atoms with Crippen LogP contribution in [-0.2, 0) is 11.4 Å². The van der Waals surface area contributed by atoms with Gasteiger partial charge in [-0.15, -0.1) is 0 Å². The van der Waals surface area contributed by atoms with Crippen molar-refractivity contribution in [3.63, 3.8) is 0 Å². The predicted molar refractivity (Wildman–Crippen MR) is 100 cm³/mol. The van der Waals surface area contributed by atoms with Crippen LogP contribution in [0.5, 0.6) is 5.75 Å². The molecule has 0 bridgehead atoms. The van der Waals surface area contributed by atoms with E-state index in [0.29, 0.717) is 15.0 Å². The number of thioether (sulfide) groups is 1. The SMILES string of the molecule is O=C1NC(=S)S/C1=C\c1cccc(OCc2ccc([N+](=O)[O-])cc2)c1. The number of carbonyl (C=O) groups excluding carboxylic acids is 1. The van der Waals surface area contributed by atoms with Crippen LogP contribution in [0, 0.1) is 10.1 Å². The third-order valence-electron chi connectivity index (χ3n) is 3.35. The molecular weight excluding hydrogens is 360 g/mol. The molecule has 126 valence electrons. The van der Waals surface area contributed by atoms with Gasteiger partial charge in [-0.25, -0.2) is 0 Å². The first kappa shape index (κ1) is 17.1. The number of nitro benzene ring substituents is 1. The average molecular weight is 372 g/mol. The number of amides is 1. The molecule has 1 aliphatic heterocycles. The van der Waals surface area contributed by atoms with Crippen LogP contribution in [0.3, 0.4) is 0 Å². The molecule has 1 saturated heterocycles. The lowest BCUT2D eigenvalue weighted by Gasteiger charge is -2.07. The normalized spacial score (nSPS) is 15.3. The first-order valence-electron chi connectivity index (χ1n) is 7.22. The Hall–Kier alpha value is -2.71. The molecule has 0 unspecified atom stereocenters. The maximum atomic E-state index is 11.7. The van der Waals surface area contributed by atoms with E-state index in [9.17, 15) is 14.9 Å². The number of non-ortho nitro benzene ring substituents is 1. The van der Waals surface area contributed by atoms with Crippen molar-refractivity contribution in [1.82, 2.24) is 5.32 Å². The fourth-order valence-electron chi connectivity index (χ4n) is 2.15. The smallest absolute Gasteiger partial charge is 0.269 e. The Bertz CT molecular complexity index is 878. The number of nitro groups is 1. The summed E-state index contributed by atoms with van der Waals surface area (Å²) in [6.07, 6.45) is 1.75. The van der Waals surface area contributed by atoms with Crippen molar-refractivity contribution in [3.8, 4) is 5.75 Å². The number of hydrogen-bond acceptors (Lipinski definition) is 6. The quantitative estimate of drug-likeness (QED) is 0.373. The topological polar surface area (TPSA) is 81.5 Å². The molecule has 0 atom stereocenters. The highest BCUT2D eigenvalue weighted by atomic mass is 32.2. The molecule has 2 aromatic carbocycles. The Morgan fingerprint density at radius 1 is 1.24 bits per heavy atom. The lowest BCUT2D eigenvalue weighted by molar-refractivity contribution is -0.384. The third-order valence-corrected chi connectivity index (χ3v) is 4.51. The van der Waals surface area contributed by atoms with E-state index in [2.05, 4.69) is 5.32 Å². The van der Waals surface area contributed by atoms with E-state index in [-0.39, 0.29) is 18.2 Å². The number of nitrogens with one attached hydrogen (secondary N) is 1. The highest BCUT2D eigenvalue weighted by molar-refractivity contribution is 8.26. The highest BCUT2D eigenvalue weighted by Crippen LogP contribution is 2.27. The molecule has 2 aromatic rings. The molecule has 6 nitrogen and oxygen atoms in total. The van der Waals surface area contributed by atoms with Gasteiger partial charge in [-0.3, -0.25) is 14.9 Å². The number of thiocarbonyl (C=S) groups is 1. The molecule has 8 heteroatoms. The molecule has 0 aliphatic carbocycles. The van der Waals surface area contributed by atoms with Crippen LogP contribution in [0.4, 0.5) is 5.69 Å². The number of nitrogens with zero attached hydrogens (tertiary/aromatic N) is 1. The summed E-state index contributed by atoms with van der Waals surface area (Å²) >= 11 is 6.18. The van der Waals surface area contributed by atoms with Crippen molar-refractivity contribution in [3.05, 3.63) is 74.7 Å². The number of benzene rings is 2. The lowest BCUT2D eigenvalue weighted by Crippen LogP contribution is -2.17. The number of hydrogen-bond donors (Lipinski definition) is 1. The minimum absolute atomic E-state index is 0.0441. The Labute approximate surface area is 153 Å². The van der Waals surface area contributed by atoms with E-state index in [4.69, 9.17) is 17.0 Å². The van der Waals surface area contributed by atoms with Gasteiger partial charge in [0.2, 0.25) is 0 Å². The second kappa shape index (κ2) is 7.45. The molecule has 25 heavy (non-hydrogen) atoms. The average Bonchev–Trinajstić information content (AvgIpc) is 2.91. The van der Waals surface area contributed by atoms with E-state index in [0.717, 1.165) is 11.1 Å². The molecule has 0 aromatic heterocycles. The predicted octanol–water partition coefficient (Wildman–Crippen LogP) is 3.66. The fourth-order valence-corrected chi connectivity index (χ4v) is 3.19. The summed E-state index contributed by atoms with van der Waals surface area (Å²) in [4.78, 5) is 22.4. The summed E-state index contributed by atoms with van der Waals surface area (Å²) in [5.74, 6) is 0.436. The van der Waals surface area contributed by atoms with Crippen LogP contribution in [0.25, 0.3) is 6.08 Å². The Balaban J connectivity index is 1.68. The summed E-state index contributed by atoms with van der Waals surface area (Å²) in [5, 5.41) is 13.2. The Kier molecular flexibility index (Phi) is 5.11. The summed E-state index contributed by atoms with van der Waals surface area (Å²) in [5.41, 5.74) is 1.69. The minimum Gasteiger partial charge on any atom is -0.489 e. The van der Waals surface area contributed by atoms with Crippen molar-refractivity contribution >= 4 is 46.0 Å². The highest BCUT2D eigenvalue weighted by Gasteiger charge is 2.21. The molecule has 3 rings (SSSR count). The first-order valence-corrected chi connectivity index (χ1v) is 8.45. The zero-order valence-corrected chi connectivity index (χ0v) is 14.4. The van der Waals surface area contributed by atoms with E-state index in [1.165, 1.54) is 23.9 Å². The van der Waals surface area contributed by atoms with Crippen LogP contribution >= 0.6 is 24.0 Å². The van der Waals surface area contributed by atoms with Gasteiger partial charge in [0.1, 0.15) is 16.7 Å². The van der Waals surface area contributed by atoms with E-state index < -0.39 is 4.92 Å². The van der Waals surface area contributed by atoms with Crippen LogP contribution in [-0.4, -0.2) is 15.2 Å². The molecule has 1 aliphatic rings. The van der Waals surface area contributed by atoms with E-state index >= 15 is 0 Å². The van der Waals surface area contributed by atoms with Crippen LogP contribution in [0.2, 0.25) is 0 Å². The molecule has 0 saturated carbocycles. The Morgan fingerprint density at radius 2 is 2.00 bits per heavy atom. The maximum Gasteiger partial charge on any atom is 0.269 e. The van der Waals surface area contributed by atoms with Crippen molar-refractivity contribution in [1.29, 1.82) is 0 Å².